The van der Waals surface area contributed by atoms with Crippen LogP contribution in [0.2, 0.25) is 0 Å². The summed E-state index contributed by atoms with van der Waals surface area (Å²) in [5.41, 5.74) is 6.92. The Labute approximate surface area is 117 Å². The van der Waals surface area contributed by atoms with Crippen LogP contribution in [0.3, 0.4) is 0 Å². The summed E-state index contributed by atoms with van der Waals surface area (Å²) in [4.78, 5) is 16.8. The lowest BCUT2D eigenvalue weighted by molar-refractivity contribution is 0.0686. The average Bonchev–Trinajstić information content (AvgIpc) is 2.68. The fraction of sp³-hybridized carbons (Fsp3) is 0.538. The molecule has 1 unspecified atom stereocenters. The summed E-state index contributed by atoms with van der Waals surface area (Å²) >= 11 is 6.63. The van der Waals surface area contributed by atoms with Crippen LogP contribution >= 0.6 is 23.6 Å². The molecule has 0 aromatic carbocycles. The number of aryl methyl sites for hydroxylation is 2. The largest absolute Gasteiger partial charge is 0.392 e. The summed E-state index contributed by atoms with van der Waals surface area (Å²) in [6.07, 6.45) is 3.02. The number of thiophene rings is 1. The first-order valence-electron chi connectivity index (χ1n) is 6.18. The summed E-state index contributed by atoms with van der Waals surface area (Å²) < 4.78 is 0. The summed E-state index contributed by atoms with van der Waals surface area (Å²) in [7, 11) is 0. The van der Waals surface area contributed by atoms with Crippen LogP contribution in [-0.2, 0) is 0 Å². The molecule has 18 heavy (non-hydrogen) atoms. The highest BCUT2D eigenvalue weighted by atomic mass is 32.1. The number of hydrogen-bond acceptors (Lipinski definition) is 3. The highest BCUT2D eigenvalue weighted by Gasteiger charge is 2.30. The molecule has 3 nitrogen and oxygen atoms in total. The van der Waals surface area contributed by atoms with Gasteiger partial charge in [-0.2, -0.15) is 0 Å². The van der Waals surface area contributed by atoms with E-state index in [4.69, 9.17) is 18.0 Å². The van der Waals surface area contributed by atoms with E-state index in [-0.39, 0.29) is 11.9 Å². The van der Waals surface area contributed by atoms with Gasteiger partial charge in [-0.1, -0.05) is 12.2 Å². The highest BCUT2D eigenvalue weighted by molar-refractivity contribution is 7.80. The Kier molecular flexibility index (Phi) is 4.02. The van der Waals surface area contributed by atoms with Crippen LogP contribution < -0.4 is 5.73 Å². The quantitative estimate of drug-likeness (QED) is 0.848. The third-order valence-electron chi connectivity index (χ3n) is 3.47. The van der Waals surface area contributed by atoms with Crippen molar-refractivity contribution in [1.82, 2.24) is 4.90 Å². The molecule has 1 amide bonds. The molecular formula is C13H18N2OS2. The molecule has 0 radical (unpaired) electrons. The van der Waals surface area contributed by atoms with Crippen LogP contribution in [0.4, 0.5) is 0 Å². The zero-order valence-corrected chi connectivity index (χ0v) is 12.4. The van der Waals surface area contributed by atoms with Crippen molar-refractivity contribution < 1.29 is 4.79 Å². The first-order chi connectivity index (χ1) is 8.50. The number of carbonyl (C=O) groups is 1. The van der Waals surface area contributed by atoms with Gasteiger partial charge in [-0.15, -0.1) is 11.3 Å². The summed E-state index contributed by atoms with van der Waals surface area (Å²) in [5, 5.41) is 0. The van der Waals surface area contributed by atoms with Gasteiger partial charge in [0.25, 0.3) is 5.91 Å². The van der Waals surface area contributed by atoms with E-state index in [1.807, 2.05) is 24.8 Å². The van der Waals surface area contributed by atoms with E-state index in [1.54, 1.807) is 11.3 Å². The summed E-state index contributed by atoms with van der Waals surface area (Å²) in [5.74, 6) is 0.0775. The predicted molar refractivity (Wildman–Crippen MR) is 79.3 cm³/mol. The predicted octanol–water partition coefficient (Wildman–Crippen LogP) is 2.65. The van der Waals surface area contributed by atoms with Crippen LogP contribution in [0.25, 0.3) is 0 Å². The van der Waals surface area contributed by atoms with Crippen molar-refractivity contribution in [1.29, 1.82) is 0 Å². The number of amides is 1. The second-order valence-electron chi connectivity index (χ2n) is 4.76. The van der Waals surface area contributed by atoms with Gasteiger partial charge in [-0.25, -0.2) is 0 Å². The zero-order chi connectivity index (χ0) is 13.3. The number of carbonyl (C=O) groups excluding carboxylic acids is 1. The van der Waals surface area contributed by atoms with Crippen LogP contribution in [0, 0.1) is 13.8 Å². The molecular weight excluding hydrogens is 264 g/mol. The molecule has 1 aliphatic rings. The van der Waals surface area contributed by atoms with Gasteiger partial charge < -0.3 is 10.6 Å². The maximum Gasteiger partial charge on any atom is 0.264 e. The van der Waals surface area contributed by atoms with Gasteiger partial charge in [0.15, 0.2) is 0 Å². The van der Waals surface area contributed by atoms with Crippen molar-refractivity contribution in [2.24, 2.45) is 5.73 Å². The molecule has 2 heterocycles. The number of nitrogens with zero attached hydrogens (tertiary/aromatic N) is 1. The Hall–Kier alpha value is -0.940. The van der Waals surface area contributed by atoms with E-state index in [1.165, 1.54) is 10.4 Å². The summed E-state index contributed by atoms with van der Waals surface area (Å²) in [6, 6.07) is 1.90. The van der Waals surface area contributed by atoms with E-state index in [2.05, 4.69) is 0 Å². The third kappa shape index (κ3) is 2.57. The van der Waals surface area contributed by atoms with Gasteiger partial charge in [0.1, 0.15) is 0 Å². The molecule has 1 atom stereocenters. The molecule has 1 saturated heterocycles. The Balaban J connectivity index is 2.23. The minimum atomic E-state index is -0.0658. The van der Waals surface area contributed by atoms with Crippen molar-refractivity contribution in [2.45, 2.75) is 39.2 Å². The fourth-order valence-corrected chi connectivity index (χ4v) is 3.53. The number of nitrogens with two attached hydrogens (primary N) is 1. The SMILES string of the molecule is Cc1cc(C(=O)N2CCCCC2C(N)=S)sc1C. The molecule has 0 aliphatic carbocycles. The lowest BCUT2D eigenvalue weighted by Gasteiger charge is -2.34. The Morgan fingerprint density at radius 1 is 1.50 bits per heavy atom. The van der Waals surface area contributed by atoms with Gasteiger partial charge in [-0.05, 0) is 44.7 Å². The van der Waals surface area contributed by atoms with E-state index in [9.17, 15) is 4.79 Å². The van der Waals surface area contributed by atoms with Crippen LogP contribution in [0.1, 0.15) is 39.4 Å². The Morgan fingerprint density at radius 3 is 2.78 bits per heavy atom. The van der Waals surface area contributed by atoms with E-state index >= 15 is 0 Å². The van der Waals surface area contributed by atoms with Crippen molar-refractivity contribution in [2.75, 3.05) is 6.54 Å². The Bertz CT molecular complexity index is 462. The molecule has 5 heteroatoms. The monoisotopic (exact) mass is 282 g/mol. The van der Waals surface area contributed by atoms with E-state index < -0.39 is 0 Å². The molecule has 0 saturated carbocycles. The average molecular weight is 282 g/mol. The zero-order valence-electron chi connectivity index (χ0n) is 10.7. The van der Waals surface area contributed by atoms with Crippen LogP contribution in [0.5, 0.6) is 0 Å². The molecule has 1 aliphatic heterocycles. The number of thiocarbonyl (C=S) groups is 1. The van der Waals surface area contributed by atoms with Crippen molar-refractivity contribution in [3.05, 3.63) is 21.4 Å². The Morgan fingerprint density at radius 2 is 2.22 bits per heavy atom. The van der Waals surface area contributed by atoms with Crippen molar-refractivity contribution in [3.63, 3.8) is 0 Å². The lowest BCUT2D eigenvalue weighted by atomic mass is 10.0. The van der Waals surface area contributed by atoms with Gasteiger partial charge in [-0.3, -0.25) is 4.79 Å². The number of rotatable bonds is 2. The molecule has 1 fully saturated rings. The van der Waals surface area contributed by atoms with Gasteiger partial charge in [0, 0.05) is 11.4 Å². The second kappa shape index (κ2) is 5.36. The fourth-order valence-electron chi connectivity index (χ4n) is 2.29. The van der Waals surface area contributed by atoms with Gasteiger partial charge in [0.05, 0.1) is 15.9 Å². The van der Waals surface area contributed by atoms with Crippen molar-refractivity contribution in [3.8, 4) is 0 Å². The van der Waals surface area contributed by atoms with Crippen molar-refractivity contribution >= 4 is 34.5 Å². The number of likely N-dealkylation sites (tertiary alicyclic amines) is 1. The standard InChI is InChI=1S/C13H18N2OS2/c1-8-7-11(18-9(8)2)13(16)15-6-4-3-5-10(15)12(14)17/h7,10H,3-6H2,1-2H3,(H2,14,17). The molecule has 98 valence electrons. The maximum atomic E-state index is 12.5. The first-order valence-corrected chi connectivity index (χ1v) is 7.40. The van der Waals surface area contributed by atoms with E-state index in [0.717, 1.165) is 30.7 Å². The lowest BCUT2D eigenvalue weighted by Crippen LogP contribution is -2.49. The maximum absolute atomic E-state index is 12.5. The topological polar surface area (TPSA) is 46.3 Å². The van der Waals surface area contributed by atoms with Crippen LogP contribution in [-0.4, -0.2) is 28.4 Å². The smallest absolute Gasteiger partial charge is 0.264 e. The molecule has 2 N–H and O–H groups in total. The van der Waals surface area contributed by atoms with Gasteiger partial charge in [0.2, 0.25) is 0 Å². The third-order valence-corrected chi connectivity index (χ3v) is 4.88. The molecule has 1 aromatic heterocycles. The summed E-state index contributed by atoms with van der Waals surface area (Å²) in [6.45, 7) is 4.83. The number of hydrogen-bond donors (Lipinski definition) is 1. The van der Waals surface area contributed by atoms with E-state index in [0.29, 0.717) is 4.99 Å². The normalized spacial score (nSPS) is 19.9. The minimum absolute atomic E-state index is 0.0658. The van der Waals surface area contributed by atoms with Gasteiger partial charge >= 0.3 is 0 Å². The second-order valence-corrected chi connectivity index (χ2v) is 6.49. The highest BCUT2D eigenvalue weighted by Crippen LogP contribution is 2.25. The molecule has 1 aromatic rings. The van der Waals surface area contributed by atoms with Crippen LogP contribution in [0.15, 0.2) is 6.07 Å². The molecule has 0 bridgehead atoms. The first kappa shape index (κ1) is 13.5. The number of piperidine rings is 1. The molecule has 0 spiro atoms. The molecule has 2 rings (SSSR count). The minimum Gasteiger partial charge on any atom is -0.392 e.